The van der Waals surface area contributed by atoms with E-state index in [-0.39, 0.29) is 5.69 Å². The molecule has 0 fully saturated rings. The fourth-order valence-corrected chi connectivity index (χ4v) is 1.50. The van der Waals surface area contributed by atoms with Crippen molar-refractivity contribution in [3.63, 3.8) is 0 Å². The lowest BCUT2D eigenvalue weighted by atomic mass is 10.2. The summed E-state index contributed by atoms with van der Waals surface area (Å²) in [5, 5.41) is 22.4. The van der Waals surface area contributed by atoms with Crippen LogP contribution >= 0.6 is 0 Å². The Labute approximate surface area is 103 Å². The van der Waals surface area contributed by atoms with Gasteiger partial charge in [0.1, 0.15) is 0 Å². The highest BCUT2D eigenvalue weighted by Crippen LogP contribution is 2.13. The van der Waals surface area contributed by atoms with Gasteiger partial charge in [-0.25, -0.2) is 0 Å². The fraction of sp³-hybridized carbons (Fsp3) is 0. The molecule has 5 nitrogen and oxygen atoms in total. The zero-order valence-corrected chi connectivity index (χ0v) is 9.39. The Morgan fingerprint density at radius 1 is 0.889 bits per heavy atom. The molecule has 90 valence electrons. The molecule has 2 rings (SSSR count). The van der Waals surface area contributed by atoms with Crippen molar-refractivity contribution in [1.29, 1.82) is 0 Å². The number of non-ortho nitro benzene ring substituents is 1. The van der Waals surface area contributed by atoms with Gasteiger partial charge < -0.3 is 5.21 Å². The molecule has 0 saturated heterocycles. The SMILES string of the molecule is O=[N+]([O-])c1cccc(/C=[N+](\[O-])c2ccccc2)c1. The molecule has 0 bridgehead atoms. The van der Waals surface area contributed by atoms with Crippen molar-refractivity contribution in [3.05, 3.63) is 75.5 Å². The molecule has 0 heterocycles. The summed E-state index contributed by atoms with van der Waals surface area (Å²) in [5.41, 5.74) is 0.928. The zero-order chi connectivity index (χ0) is 13.0. The summed E-state index contributed by atoms with van der Waals surface area (Å²) >= 11 is 0. The molecule has 0 aliphatic rings. The topological polar surface area (TPSA) is 69.2 Å². The Kier molecular flexibility index (Phi) is 3.33. The molecule has 0 aliphatic carbocycles. The molecule has 0 N–H and O–H groups in total. The van der Waals surface area contributed by atoms with Gasteiger partial charge in [0.25, 0.3) is 5.69 Å². The van der Waals surface area contributed by atoms with E-state index < -0.39 is 4.92 Å². The molecule has 0 spiro atoms. The van der Waals surface area contributed by atoms with Crippen molar-refractivity contribution in [2.75, 3.05) is 0 Å². The van der Waals surface area contributed by atoms with Crippen LogP contribution in [-0.2, 0) is 0 Å². The zero-order valence-electron chi connectivity index (χ0n) is 9.39. The molecule has 2 aromatic rings. The van der Waals surface area contributed by atoms with Gasteiger partial charge in [0.05, 0.1) is 4.92 Å². The first kappa shape index (κ1) is 11.8. The fourth-order valence-electron chi connectivity index (χ4n) is 1.50. The van der Waals surface area contributed by atoms with Crippen LogP contribution < -0.4 is 0 Å². The molecule has 18 heavy (non-hydrogen) atoms. The summed E-state index contributed by atoms with van der Waals surface area (Å²) in [4.78, 5) is 10.1. The van der Waals surface area contributed by atoms with Crippen LogP contribution in [-0.4, -0.2) is 15.9 Å². The maximum Gasteiger partial charge on any atom is 0.270 e. The summed E-state index contributed by atoms with van der Waals surface area (Å²) in [7, 11) is 0. The van der Waals surface area contributed by atoms with Crippen LogP contribution in [0.3, 0.4) is 0 Å². The normalized spacial score (nSPS) is 11.2. The van der Waals surface area contributed by atoms with Crippen LogP contribution in [0.2, 0.25) is 0 Å². The van der Waals surface area contributed by atoms with Crippen LogP contribution in [0.15, 0.2) is 54.6 Å². The number of benzene rings is 2. The monoisotopic (exact) mass is 242 g/mol. The molecule has 2 aromatic carbocycles. The van der Waals surface area contributed by atoms with E-state index in [1.54, 1.807) is 36.4 Å². The number of hydrogen-bond acceptors (Lipinski definition) is 3. The summed E-state index contributed by atoms with van der Waals surface area (Å²) in [5.74, 6) is 0. The maximum atomic E-state index is 11.8. The van der Waals surface area contributed by atoms with Gasteiger partial charge >= 0.3 is 0 Å². The minimum atomic E-state index is -0.491. The molecular weight excluding hydrogens is 232 g/mol. The van der Waals surface area contributed by atoms with E-state index in [0.717, 1.165) is 0 Å². The van der Waals surface area contributed by atoms with Crippen LogP contribution in [0.1, 0.15) is 5.56 Å². The van der Waals surface area contributed by atoms with Crippen LogP contribution in [0, 0.1) is 15.3 Å². The van der Waals surface area contributed by atoms with Gasteiger partial charge in [-0.15, -0.1) is 0 Å². The predicted molar refractivity (Wildman–Crippen MR) is 68.0 cm³/mol. The maximum absolute atomic E-state index is 11.8. The molecule has 0 radical (unpaired) electrons. The summed E-state index contributed by atoms with van der Waals surface area (Å²) in [6.45, 7) is 0. The van der Waals surface area contributed by atoms with Crippen LogP contribution in [0.5, 0.6) is 0 Å². The van der Waals surface area contributed by atoms with E-state index in [1.165, 1.54) is 18.3 Å². The number of nitro groups is 1. The van der Waals surface area contributed by atoms with E-state index in [4.69, 9.17) is 0 Å². The van der Waals surface area contributed by atoms with Gasteiger partial charge in [-0.1, -0.05) is 24.3 Å². The standard InChI is InChI=1S/C13H10N2O3/c16-14(12-6-2-1-3-7-12)10-11-5-4-8-13(9-11)15(17)18/h1-10H/b14-10-. The molecule has 0 amide bonds. The Bertz CT molecular complexity index is 594. The summed E-state index contributed by atoms with van der Waals surface area (Å²) in [6.07, 6.45) is 1.31. The molecule has 5 heteroatoms. The second kappa shape index (κ2) is 5.09. The third-order valence-corrected chi connectivity index (χ3v) is 2.36. The Morgan fingerprint density at radius 2 is 1.56 bits per heavy atom. The second-order valence-corrected chi connectivity index (χ2v) is 3.64. The molecule has 0 atom stereocenters. The van der Waals surface area contributed by atoms with E-state index in [2.05, 4.69) is 0 Å². The first-order valence-electron chi connectivity index (χ1n) is 5.27. The highest BCUT2D eigenvalue weighted by molar-refractivity contribution is 5.77. The van der Waals surface area contributed by atoms with E-state index in [1.807, 2.05) is 6.07 Å². The minimum absolute atomic E-state index is 0.0368. The molecule has 0 unspecified atom stereocenters. The summed E-state index contributed by atoms with van der Waals surface area (Å²) in [6, 6.07) is 14.6. The quantitative estimate of drug-likeness (QED) is 0.273. The van der Waals surface area contributed by atoms with Gasteiger partial charge in [-0.2, -0.15) is 4.74 Å². The molecular formula is C13H10N2O3. The van der Waals surface area contributed by atoms with E-state index >= 15 is 0 Å². The van der Waals surface area contributed by atoms with Gasteiger partial charge in [-0.05, 0) is 6.07 Å². The second-order valence-electron chi connectivity index (χ2n) is 3.64. The number of nitrogens with zero attached hydrogens (tertiary/aromatic N) is 2. The molecule has 0 aliphatic heterocycles. The number of nitro benzene ring substituents is 1. The van der Waals surface area contributed by atoms with Gasteiger partial charge in [0.15, 0.2) is 6.21 Å². The van der Waals surface area contributed by atoms with Crippen molar-refractivity contribution >= 4 is 17.6 Å². The van der Waals surface area contributed by atoms with Crippen LogP contribution in [0.4, 0.5) is 11.4 Å². The summed E-state index contributed by atoms with van der Waals surface area (Å²) < 4.78 is 0.680. The van der Waals surface area contributed by atoms with E-state index in [9.17, 15) is 15.3 Å². The predicted octanol–water partition coefficient (Wildman–Crippen LogP) is 2.86. The number of para-hydroxylation sites is 1. The molecule has 0 aromatic heterocycles. The smallest absolute Gasteiger partial charge is 0.270 e. The minimum Gasteiger partial charge on any atom is -0.618 e. The highest BCUT2D eigenvalue weighted by Gasteiger charge is 2.07. The van der Waals surface area contributed by atoms with Crippen molar-refractivity contribution in [3.8, 4) is 0 Å². The lowest BCUT2D eigenvalue weighted by Crippen LogP contribution is -1.99. The third kappa shape index (κ3) is 2.70. The largest absolute Gasteiger partial charge is 0.618 e. The lowest BCUT2D eigenvalue weighted by molar-refractivity contribution is -0.385. The average Bonchev–Trinajstić information content (AvgIpc) is 2.40. The van der Waals surface area contributed by atoms with Gasteiger partial charge in [0.2, 0.25) is 5.69 Å². The Morgan fingerprint density at radius 3 is 2.22 bits per heavy atom. The van der Waals surface area contributed by atoms with Crippen molar-refractivity contribution in [1.82, 2.24) is 0 Å². The number of hydrogen-bond donors (Lipinski definition) is 0. The van der Waals surface area contributed by atoms with Gasteiger partial charge in [0, 0.05) is 29.8 Å². The first-order chi connectivity index (χ1) is 8.66. The van der Waals surface area contributed by atoms with Crippen molar-refractivity contribution in [2.45, 2.75) is 0 Å². The average molecular weight is 242 g/mol. The van der Waals surface area contributed by atoms with Crippen LogP contribution in [0.25, 0.3) is 0 Å². The lowest BCUT2D eigenvalue weighted by Gasteiger charge is -2.02. The Hall–Kier alpha value is -2.69. The van der Waals surface area contributed by atoms with E-state index in [0.29, 0.717) is 16.0 Å². The number of rotatable bonds is 3. The van der Waals surface area contributed by atoms with Crippen molar-refractivity contribution < 1.29 is 9.66 Å². The molecule has 0 saturated carbocycles. The third-order valence-electron chi connectivity index (χ3n) is 2.36. The highest BCUT2D eigenvalue weighted by atomic mass is 16.6. The first-order valence-corrected chi connectivity index (χ1v) is 5.27. The Balaban J connectivity index is 2.33. The van der Waals surface area contributed by atoms with Crippen molar-refractivity contribution in [2.24, 2.45) is 0 Å². The van der Waals surface area contributed by atoms with Gasteiger partial charge in [-0.3, -0.25) is 10.1 Å².